The summed E-state index contributed by atoms with van der Waals surface area (Å²) in [5, 5.41) is 4.63. The molecular formula is C47H29NO. The number of nitrogens with zero attached hydrogens (tertiary/aromatic N) is 1. The first-order valence-corrected chi connectivity index (χ1v) is 16.9. The average Bonchev–Trinajstić information content (AvgIpc) is 3.79. The Hall–Kier alpha value is -6.38. The Labute approximate surface area is 284 Å². The predicted molar refractivity (Wildman–Crippen MR) is 202 cm³/mol. The van der Waals surface area contributed by atoms with Gasteiger partial charge in [-0.1, -0.05) is 140 Å². The molecule has 228 valence electrons. The minimum absolute atomic E-state index is 0.484. The Morgan fingerprint density at radius 3 is 1.63 bits per heavy atom. The summed E-state index contributed by atoms with van der Waals surface area (Å²) in [7, 11) is 0. The Kier molecular flexibility index (Phi) is 5.34. The molecule has 8 aromatic carbocycles. The molecule has 0 radical (unpaired) electrons. The fourth-order valence-corrected chi connectivity index (χ4v) is 8.95. The molecule has 0 unspecified atom stereocenters. The van der Waals surface area contributed by atoms with Crippen LogP contribution in [0.2, 0.25) is 0 Å². The third kappa shape index (κ3) is 3.45. The number of benzene rings is 8. The molecule has 2 aliphatic carbocycles. The minimum atomic E-state index is -0.484. The maximum absolute atomic E-state index is 6.88. The molecule has 0 saturated heterocycles. The first kappa shape index (κ1) is 26.7. The van der Waals surface area contributed by atoms with Gasteiger partial charge in [0.15, 0.2) is 5.58 Å². The molecule has 9 aromatic rings. The maximum atomic E-state index is 6.88. The van der Waals surface area contributed by atoms with E-state index in [0.29, 0.717) is 0 Å². The molecule has 49 heavy (non-hydrogen) atoms. The molecule has 2 heteroatoms. The van der Waals surface area contributed by atoms with Crippen molar-refractivity contribution < 1.29 is 4.42 Å². The molecule has 0 amide bonds. The second-order valence-corrected chi connectivity index (χ2v) is 13.2. The molecule has 0 aliphatic heterocycles. The number of hydrogen-bond acceptors (Lipinski definition) is 2. The quantitative estimate of drug-likeness (QED) is 0.195. The summed E-state index contributed by atoms with van der Waals surface area (Å²) in [6, 6.07) is 64.2. The van der Waals surface area contributed by atoms with Crippen molar-refractivity contribution in [3.8, 4) is 22.3 Å². The second kappa shape index (κ2) is 9.82. The number of furan rings is 1. The smallest absolute Gasteiger partial charge is 0.159 e. The molecule has 0 bridgehead atoms. The number of fused-ring (bicyclic) bond motifs is 14. The summed E-state index contributed by atoms with van der Waals surface area (Å²) in [5.41, 5.74) is 15.0. The zero-order valence-corrected chi connectivity index (χ0v) is 26.6. The van der Waals surface area contributed by atoms with Gasteiger partial charge in [-0.05, 0) is 86.1 Å². The van der Waals surface area contributed by atoms with Gasteiger partial charge in [-0.15, -0.1) is 0 Å². The van der Waals surface area contributed by atoms with Crippen LogP contribution in [0.4, 0.5) is 17.1 Å². The van der Waals surface area contributed by atoms with Crippen molar-refractivity contribution in [1.29, 1.82) is 0 Å². The number of rotatable bonds is 3. The Morgan fingerprint density at radius 1 is 0.408 bits per heavy atom. The Bertz CT molecular complexity index is 2730. The fourth-order valence-electron chi connectivity index (χ4n) is 8.95. The van der Waals surface area contributed by atoms with E-state index >= 15 is 0 Å². The zero-order chi connectivity index (χ0) is 32.1. The molecular weight excluding hydrogens is 595 g/mol. The first-order valence-electron chi connectivity index (χ1n) is 16.9. The van der Waals surface area contributed by atoms with Gasteiger partial charge in [0.05, 0.1) is 16.8 Å². The highest BCUT2D eigenvalue weighted by molar-refractivity contribution is 6.14. The van der Waals surface area contributed by atoms with Gasteiger partial charge >= 0.3 is 0 Å². The Balaban J connectivity index is 1.27. The van der Waals surface area contributed by atoms with Crippen molar-refractivity contribution in [1.82, 2.24) is 0 Å². The lowest BCUT2D eigenvalue weighted by Crippen LogP contribution is -2.28. The summed E-state index contributed by atoms with van der Waals surface area (Å²) < 4.78 is 6.88. The first-order chi connectivity index (χ1) is 24.3. The summed E-state index contributed by atoms with van der Waals surface area (Å²) in [6.45, 7) is 0. The third-order valence-electron chi connectivity index (χ3n) is 10.8. The fraction of sp³-hybridized carbons (Fsp3) is 0.0213. The van der Waals surface area contributed by atoms with E-state index < -0.39 is 5.41 Å². The van der Waals surface area contributed by atoms with Gasteiger partial charge in [-0.25, -0.2) is 0 Å². The van der Waals surface area contributed by atoms with Crippen LogP contribution in [-0.2, 0) is 5.41 Å². The van der Waals surface area contributed by atoms with E-state index in [1.165, 1.54) is 55.3 Å². The molecule has 1 aromatic heterocycles. The van der Waals surface area contributed by atoms with Crippen LogP contribution >= 0.6 is 0 Å². The van der Waals surface area contributed by atoms with Gasteiger partial charge in [0, 0.05) is 22.0 Å². The number of para-hydroxylation sites is 2. The van der Waals surface area contributed by atoms with Crippen LogP contribution in [-0.4, -0.2) is 0 Å². The molecule has 0 atom stereocenters. The van der Waals surface area contributed by atoms with Crippen molar-refractivity contribution >= 4 is 49.8 Å². The molecule has 0 fully saturated rings. The van der Waals surface area contributed by atoms with Crippen LogP contribution in [0, 0.1) is 0 Å². The van der Waals surface area contributed by atoms with E-state index in [1.54, 1.807) is 0 Å². The maximum Gasteiger partial charge on any atom is 0.159 e. The molecule has 2 aliphatic rings. The number of anilines is 3. The standard InChI is InChI=1S/C47H29NO/c1-2-16-32(17-3-1)48(43-27-13-22-37-38-28-30-14-4-5-15-31(30)29-44(38)49-46(37)43)42-26-12-21-36-35-20-8-11-25-41(35)47(45(36)42)39-23-9-6-18-33(39)34-19-7-10-24-40(34)47/h1-29H. The highest BCUT2D eigenvalue weighted by Gasteiger charge is 2.53. The van der Waals surface area contributed by atoms with Gasteiger partial charge in [-0.2, -0.15) is 0 Å². The average molecular weight is 624 g/mol. The van der Waals surface area contributed by atoms with Crippen LogP contribution in [0.15, 0.2) is 180 Å². The summed E-state index contributed by atoms with van der Waals surface area (Å²) in [5.74, 6) is 0. The monoisotopic (exact) mass is 623 g/mol. The summed E-state index contributed by atoms with van der Waals surface area (Å²) in [4.78, 5) is 2.43. The van der Waals surface area contributed by atoms with Crippen molar-refractivity contribution in [2.24, 2.45) is 0 Å². The van der Waals surface area contributed by atoms with Crippen LogP contribution in [0.5, 0.6) is 0 Å². The van der Waals surface area contributed by atoms with Crippen molar-refractivity contribution in [2.75, 3.05) is 4.90 Å². The summed E-state index contributed by atoms with van der Waals surface area (Å²) >= 11 is 0. The van der Waals surface area contributed by atoms with Gasteiger partial charge in [-0.3, -0.25) is 0 Å². The van der Waals surface area contributed by atoms with Crippen LogP contribution in [0.1, 0.15) is 22.3 Å². The SMILES string of the molecule is c1ccc(N(c2cccc3c2C2(c4ccccc4-c4ccccc42)c2ccccc2-3)c2cccc3c2oc2cc4ccccc4cc23)cc1. The lowest BCUT2D eigenvalue weighted by atomic mass is 9.70. The van der Waals surface area contributed by atoms with E-state index in [-0.39, 0.29) is 0 Å². The van der Waals surface area contributed by atoms with Gasteiger partial charge < -0.3 is 9.32 Å². The molecule has 1 heterocycles. The van der Waals surface area contributed by atoms with Crippen LogP contribution in [0.3, 0.4) is 0 Å². The zero-order valence-electron chi connectivity index (χ0n) is 26.6. The van der Waals surface area contributed by atoms with Gasteiger partial charge in [0.2, 0.25) is 0 Å². The van der Waals surface area contributed by atoms with Crippen LogP contribution < -0.4 is 4.90 Å². The van der Waals surface area contributed by atoms with Crippen molar-refractivity contribution in [2.45, 2.75) is 5.41 Å². The van der Waals surface area contributed by atoms with E-state index in [0.717, 1.165) is 39.0 Å². The molecule has 1 spiro atoms. The normalized spacial score (nSPS) is 13.5. The Morgan fingerprint density at radius 2 is 0.939 bits per heavy atom. The molecule has 0 N–H and O–H groups in total. The molecule has 2 nitrogen and oxygen atoms in total. The van der Waals surface area contributed by atoms with Crippen molar-refractivity contribution in [3.63, 3.8) is 0 Å². The van der Waals surface area contributed by atoms with E-state index in [1.807, 2.05) is 0 Å². The summed E-state index contributed by atoms with van der Waals surface area (Å²) in [6.07, 6.45) is 0. The van der Waals surface area contributed by atoms with Gasteiger partial charge in [0.1, 0.15) is 5.58 Å². The molecule has 0 saturated carbocycles. The lowest BCUT2D eigenvalue weighted by Gasteiger charge is -2.35. The van der Waals surface area contributed by atoms with E-state index in [9.17, 15) is 0 Å². The molecule has 11 rings (SSSR count). The van der Waals surface area contributed by atoms with Crippen LogP contribution in [0.25, 0.3) is 55.0 Å². The van der Waals surface area contributed by atoms with Crippen molar-refractivity contribution in [3.05, 3.63) is 198 Å². The lowest BCUT2D eigenvalue weighted by molar-refractivity contribution is 0.669. The largest absolute Gasteiger partial charge is 0.454 e. The minimum Gasteiger partial charge on any atom is -0.454 e. The highest BCUT2D eigenvalue weighted by Crippen LogP contribution is 2.65. The topological polar surface area (TPSA) is 16.4 Å². The van der Waals surface area contributed by atoms with Gasteiger partial charge in [0.25, 0.3) is 0 Å². The highest BCUT2D eigenvalue weighted by atomic mass is 16.3. The second-order valence-electron chi connectivity index (χ2n) is 13.2. The third-order valence-corrected chi connectivity index (χ3v) is 10.8. The van der Waals surface area contributed by atoms with E-state index in [2.05, 4.69) is 181 Å². The predicted octanol–water partition coefficient (Wildman–Crippen LogP) is 12.6. The van der Waals surface area contributed by atoms with E-state index in [4.69, 9.17) is 4.42 Å². The number of hydrogen-bond donors (Lipinski definition) is 0.